The van der Waals surface area contributed by atoms with Gasteiger partial charge in [-0.15, -0.1) is 0 Å². The SMILES string of the molecule is CC(C)(C)OC(=O)NCC(=O)NC1CCNCC1.O=COCc1ccccc1. The number of piperidine rings is 1. The van der Waals surface area contributed by atoms with E-state index in [0.29, 0.717) is 13.1 Å². The maximum absolute atomic E-state index is 11.6. The summed E-state index contributed by atoms with van der Waals surface area (Å²) >= 11 is 0. The number of alkyl carbamates (subject to hydrolysis) is 1. The smallest absolute Gasteiger partial charge is 0.408 e. The molecule has 0 radical (unpaired) electrons. The number of nitrogens with one attached hydrogen (secondary N) is 3. The Balaban J connectivity index is 0.000000330. The van der Waals surface area contributed by atoms with Gasteiger partial charge in [-0.1, -0.05) is 30.3 Å². The predicted molar refractivity (Wildman–Crippen MR) is 106 cm³/mol. The molecule has 28 heavy (non-hydrogen) atoms. The summed E-state index contributed by atoms with van der Waals surface area (Å²) in [6.07, 6.45) is 1.29. The second kappa shape index (κ2) is 12.7. The van der Waals surface area contributed by atoms with E-state index in [1.54, 1.807) is 20.8 Å². The zero-order valence-electron chi connectivity index (χ0n) is 16.8. The molecular formula is C20H31N3O5. The van der Waals surface area contributed by atoms with Gasteiger partial charge >= 0.3 is 6.09 Å². The zero-order valence-corrected chi connectivity index (χ0v) is 16.8. The van der Waals surface area contributed by atoms with E-state index in [0.717, 1.165) is 31.5 Å². The number of carbonyl (C=O) groups is 3. The van der Waals surface area contributed by atoms with Gasteiger partial charge in [0.1, 0.15) is 18.8 Å². The first-order chi connectivity index (χ1) is 13.3. The van der Waals surface area contributed by atoms with E-state index >= 15 is 0 Å². The quantitative estimate of drug-likeness (QED) is 0.636. The summed E-state index contributed by atoms with van der Waals surface area (Å²) in [5.41, 5.74) is 0.463. The van der Waals surface area contributed by atoms with Gasteiger partial charge in [0.2, 0.25) is 5.91 Å². The minimum Gasteiger partial charge on any atom is -0.463 e. The molecule has 1 aromatic carbocycles. The maximum Gasteiger partial charge on any atom is 0.408 e. The van der Waals surface area contributed by atoms with E-state index in [-0.39, 0.29) is 18.5 Å². The highest BCUT2D eigenvalue weighted by Gasteiger charge is 2.18. The standard InChI is InChI=1S/C12H23N3O3.C8H8O2/c1-12(2,3)18-11(17)14-8-10(16)15-9-4-6-13-7-5-9;9-7-10-6-8-4-2-1-3-5-8/h9,13H,4-8H2,1-3H3,(H,14,17)(H,15,16);1-5,7H,6H2. The van der Waals surface area contributed by atoms with Gasteiger partial charge < -0.3 is 25.4 Å². The van der Waals surface area contributed by atoms with Crippen molar-refractivity contribution in [3.63, 3.8) is 0 Å². The topological polar surface area (TPSA) is 106 Å². The van der Waals surface area contributed by atoms with Crippen LogP contribution in [0.5, 0.6) is 0 Å². The predicted octanol–water partition coefficient (Wildman–Crippen LogP) is 1.74. The molecule has 0 unspecified atom stereocenters. The first-order valence-corrected chi connectivity index (χ1v) is 9.36. The molecule has 1 heterocycles. The average Bonchev–Trinajstić information content (AvgIpc) is 2.66. The molecule has 0 aliphatic carbocycles. The Labute approximate surface area is 166 Å². The van der Waals surface area contributed by atoms with Crippen molar-refractivity contribution in [1.82, 2.24) is 16.0 Å². The average molecular weight is 393 g/mol. The monoisotopic (exact) mass is 393 g/mol. The molecule has 2 rings (SSSR count). The summed E-state index contributed by atoms with van der Waals surface area (Å²) in [6.45, 7) is 7.95. The molecule has 0 aromatic heterocycles. The largest absolute Gasteiger partial charge is 0.463 e. The second-order valence-electron chi connectivity index (χ2n) is 7.34. The fourth-order valence-corrected chi connectivity index (χ4v) is 2.42. The summed E-state index contributed by atoms with van der Waals surface area (Å²) in [4.78, 5) is 32.7. The molecule has 8 nitrogen and oxygen atoms in total. The highest BCUT2D eigenvalue weighted by atomic mass is 16.6. The molecule has 1 saturated heterocycles. The third-order valence-electron chi connectivity index (χ3n) is 3.66. The number of hydrogen-bond donors (Lipinski definition) is 3. The fourth-order valence-electron chi connectivity index (χ4n) is 2.42. The zero-order chi connectivity index (χ0) is 20.8. The van der Waals surface area contributed by atoms with Crippen LogP contribution in [0.4, 0.5) is 4.79 Å². The van der Waals surface area contributed by atoms with Crippen molar-refractivity contribution in [1.29, 1.82) is 0 Å². The van der Waals surface area contributed by atoms with Crippen molar-refractivity contribution in [3.05, 3.63) is 35.9 Å². The van der Waals surface area contributed by atoms with Crippen molar-refractivity contribution in [2.75, 3.05) is 19.6 Å². The summed E-state index contributed by atoms with van der Waals surface area (Å²) < 4.78 is 9.58. The lowest BCUT2D eigenvalue weighted by Crippen LogP contribution is -2.46. The number of rotatable bonds is 6. The Hall–Kier alpha value is -2.61. The van der Waals surface area contributed by atoms with Crippen LogP contribution in [0.15, 0.2) is 30.3 Å². The van der Waals surface area contributed by atoms with Crippen molar-refractivity contribution >= 4 is 18.5 Å². The number of benzene rings is 1. The summed E-state index contributed by atoms with van der Waals surface area (Å²) in [5, 5.41) is 8.55. The third-order valence-corrected chi connectivity index (χ3v) is 3.66. The lowest BCUT2D eigenvalue weighted by Gasteiger charge is -2.24. The van der Waals surface area contributed by atoms with Gasteiger partial charge in [0.05, 0.1) is 0 Å². The number of hydrogen-bond acceptors (Lipinski definition) is 6. The molecule has 0 spiro atoms. The van der Waals surface area contributed by atoms with Crippen LogP contribution in [0, 0.1) is 0 Å². The van der Waals surface area contributed by atoms with Crippen LogP contribution in [-0.2, 0) is 25.7 Å². The molecule has 1 aliphatic heterocycles. The van der Waals surface area contributed by atoms with Crippen molar-refractivity contribution in [3.8, 4) is 0 Å². The van der Waals surface area contributed by atoms with E-state index < -0.39 is 11.7 Å². The van der Waals surface area contributed by atoms with Gasteiger partial charge in [-0.05, 0) is 52.3 Å². The number of carbonyl (C=O) groups excluding carboxylic acids is 3. The van der Waals surface area contributed by atoms with Crippen LogP contribution in [0.3, 0.4) is 0 Å². The lowest BCUT2D eigenvalue weighted by atomic mass is 10.1. The summed E-state index contributed by atoms with van der Waals surface area (Å²) in [7, 11) is 0. The van der Waals surface area contributed by atoms with Crippen LogP contribution < -0.4 is 16.0 Å². The maximum atomic E-state index is 11.6. The first-order valence-electron chi connectivity index (χ1n) is 9.36. The molecule has 1 aromatic rings. The normalized spacial score (nSPS) is 14.1. The van der Waals surface area contributed by atoms with E-state index in [1.807, 2.05) is 30.3 Å². The van der Waals surface area contributed by atoms with Crippen LogP contribution in [0.25, 0.3) is 0 Å². The molecule has 3 N–H and O–H groups in total. The first kappa shape index (κ1) is 23.4. The van der Waals surface area contributed by atoms with Crippen molar-refractivity contribution < 1.29 is 23.9 Å². The Bertz CT molecular complexity index is 596. The van der Waals surface area contributed by atoms with Crippen LogP contribution in [0.2, 0.25) is 0 Å². The second-order valence-corrected chi connectivity index (χ2v) is 7.34. The van der Waals surface area contributed by atoms with E-state index in [1.165, 1.54) is 0 Å². The molecule has 1 aliphatic rings. The Kier molecular flexibility index (Phi) is 10.6. The molecular weight excluding hydrogens is 362 g/mol. The van der Waals surface area contributed by atoms with E-state index in [9.17, 15) is 14.4 Å². The molecule has 0 atom stereocenters. The van der Waals surface area contributed by atoms with Gasteiger partial charge in [0.25, 0.3) is 6.47 Å². The highest BCUT2D eigenvalue weighted by Crippen LogP contribution is 2.06. The highest BCUT2D eigenvalue weighted by molar-refractivity contribution is 5.82. The lowest BCUT2D eigenvalue weighted by molar-refractivity contribution is -0.129. The summed E-state index contributed by atoms with van der Waals surface area (Å²) in [5.74, 6) is -0.173. The van der Waals surface area contributed by atoms with Crippen LogP contribution >= 0.6 is 0 Å². The van der Waals surface area contributed by atoms with Crippen LogP contribution in [-0.4, -0.2) is 49.7 Å². The van der Waals surface area contributed by atoms with Crippen molar-refractivity contribution in [2.24, 2.45) is 0 Å². The molecule has 156 valence electrons. The molecule has 8 heteroatoms. The molecule has 0 bridgehead atoms. The minimum atomic E-state index is -0.567. The van der Waals surface area contributed by atoms with Gasteiger partial charge in [0.15, 0.2) is 0 Å². The van der Waals surface area contributed by atoms with Gasteiger partial charge in [-0.3, -0.25) is 9.59 Å². The minimum absolute atomic E-state index is 0.0428. The third kappa shape index (κ3) is 11.9. The van der Waals surface area contributed by atoms with Crippen LogP contribution in [0.1, 0.15) is 39.2 Å². The molecule has 0 saturated carbocycles. The van der Waals surface area contributed by atoms with Gasteiger partial charge in [-0.2, -0.15) is 0 Å². The summed E-state index contributed by atoms with van der Waals surface area (Å²) in [6, 6.07) is 9.75. The Morgan fingerprint density at radius 2 is 1.82 bits per heavy atom. The van der Waals surface area contributed by atoms with Gasteiger partial charge in [0, 0.05) is 6.04 Å². The van der Waals surface area contributed by atoms with Gasteiger partial charge in [-0.25, -0.2) is 4.79 Å². The molecule has 2 amide bonds. The molecule has 1 fully saturated rings. The Morgan fingerprint density at radius 1 is 1.18 bits per heavy atom. The van der Waals surface area contributed by atoms with Crippen molar-refractivity contribution in [2.45, 2.75) is 51.9 Å². The van der Waals surface area contributed by atoms with E-state index in [4.69, 9.17) is 4.74 Å². The Morgan fingerprint density at radius 3 is 2.39 bits per heavy atom. The number of ether oxygens (including phenoxy) is 2. The van der Waals surface area contributed by atoms with E-state index in [2.05, 4.69) is 20.7 Å². The number of amides is 2. The fraction of sp³-hybridized carbons (Fsp3) is 0.550.